The number of aromatic nitrogens is 1. The highest BCUT2D eigenvalue weighted by atomic mass is 19.1. The smallest absolute Gasteiger partial charge is 0.251 e. The Balaban J connectivity index is 1.54. The molecule has 0 bridgehead atoms. The summed E-state index contributed by atoms with van der Waals surface area (Å²) in [7, 11) is 0. The van der Waals surface area contributed by atoms with Crippen LogP contribution < -0.4 is 10.2 Å². The largest absolute Gasteiger partial charge is 0.353 e. The van der Waals surface area contributed by atoms with Crippen molar-refractivity contribution >= 4 is 18.1 Å². The third kappa shape index (κ3) is 4.56. The molecule has 0 unspecified atom stereocenters. The van der Waals surface area contributed by atoms with Crippen molar-refractivity contribution in [2.75, 3.05) is 37.6 Å². The van der Waals surface area contributed by atoms with Gasteiger partial charge in [-0.25, -0.2) is 9.37 Å². The summed E-state index contributed by atoms with van der Waals surface area (Å²) >= 11 is 0. The van der Waals surface area contributed by atoms with Gasteiger partial charge in [0, 0.05) is 44.5 Å². The van der Waals surface area contributed by atoms with Gasteiger partial charge in [0.1, 0.15) is 11.6 Å². The maximum atomic E-state index is 12.9. The first-order chi connectivity index (χ1) is 12.7. The van der Waals surface area contributed by atoms with Crippen molar-refractivity contribution in [1.82, 2.24) is 15.2 Å². The van der Waals surface area contributed by atoms with Gasteiger partial charge in [-0.3, -0.25) is 9.59 Å². The Morgan fingerprint density at radius 2 is 1.88 bits per heavy atom. The molecule has 6 nitrogen and oxygen atoms in total. The first kappa shape index (κ1) is 17.8. The summed E-state index contributed by atoms with van der Waals surface area (Å²) in [5.74, 6) is 0.306. The molecule has 0 radical (unpaired) electrons. The molecule has 1 aromatic heterocycles. The van der Waals surface area contributed by atoms with Crippen LogP contribution in [0.3, 0.4) is 0 Å². The van der Waals surface area contributed by atoms with Crippen molar-refractivity contribution in [3.05, 3.63) is 59.5 Å². The Labute approximate surface area is 151 Å². The molecule has 26 heavy (non-hydrogen) atoms. The minimum Gasteiger partial charge on any atom is -0.353 e. The number of halogens is 1. The van der Waals surface area contributed by atoms with E-state index in [-0.39, 0.29) is 11.7 Å². The minimum absolute atomic E-state index is 0.165. The second kappa shape index (κ2) is 8.42. The average molecular weight is 356 g/mol. The summed E-state index contributed by atoms with van der Waals surface area (Å²) in [4.78, 5) is 31.3. The molecule has 3 rings (SSSR count). The molecule has 1 aliphatic heterocycles. The van der Waals surface area contributed by atoms with Gasteiger partial charge in [-0.15, -0.1) is 0 Å². The standard InChI is InChI=1S/C19H21FN4O2/c20-17-3-1-15(2-4-17)5-7-22-19(26)16-6-8-21-18(13-16)24-11-9-23(14-25)10-12-24/h1-4,6,8,13-14H,5,7,9-12H2,(H,22,26). The predicted molar refractivity (Wildman–Crippen MR) is 96.5 cm³/mol. The number of anilines is 1. The van der Waals surface area contributed by atoms with E-state index in [0.29, 0.717) is 44.7 Å². The second-order valence-electron chi connectivity index (χ2n) is 6.16. The van der Waals surface area contributed by atoms with Gasteiger partial charge in [0.25, 0.3) is 5.91 Å². The maximum absolute atomic E-state index is 12.9. The highest BCUT2D eigenvalue weighted by Gasteiger charge is 2.17. The average Bonchev–Trinajstić information content (AvgIpc) is 2.69. The lowest BCUT2D eigenvalue weighted by Crippen LogP contribution is -2.46. The van der Waals surface area contributed by atoms with Gasteiger partial charge < -0.3 is 15.1 Å². The molecule has 0 aliphatic carbocycles. The number of nitrogens with one attached hydrogen (secondary N) is 1. The quantitative estimate of drug-likeness (QED) is 0.796. The lowest BCUT2D eigenvalue weighted by atomic mass is 10.1. The molecular weight excluding hydrogens is 335 g/mol. The SMILES string of the molecule is O=CN1CCN(c2cc(C(=O)NCCc3ccc(F)cc3)ccn2)CC1. The van der Waals surface area contributed by atoms with Crippen molar-refractivity contribution in [3.8, 4) is 0 Å². The third-order valence-corrected chi connectivity index (χ3v) is 4.41. The van der Waals surface area contributed by atoms with Crippen molar-refractivity contribution in [3.63, 3.8) is 0 Å². The Morgan fingerprint density at radius 3 is 2.58 bits per heavy atom. The van der Waals surface area contributed by atoms with Crippen LogP contribution in [0.25, 0.3) is 0 Å². The van der Waals surface area contributed by atoms with Gasteiger partial charge in [-0.05, 0) is 36.2 Å². The molecule has 0 spiro atoms. The van der Waals surface area contributed by atoms with Crippen molar-refractivity contribution < 1.29 is 14.0 Å². The van der Waals surface area contributed by atoms with Crippen LogP contribution in [0.1, 0.15) is 15.9 Å². The molecule has 1 saturated heterocycles. The number of amides is 2. The van der Waals surface area contributed by atoms with E-state index in [1.54, 1.807) is 35.4 Å². The van der Waals surface area contributed by atoms with E-state index in [2.05, 4.69) is 15.2 Å². The summed E-state index contributed by atoms with van der Waals surface area (Å²) in [6.07, 6.45) is 3.11. The van der Waals surface area contributed by atoms with Crippen LogP contribution in [-0.2, 0) is 11.2 Å². The zero-order valence-corrected chi connectivity index (χ0v) is 14.4. The highest BCUT2D eigenvalue weighted by molar-refractivity contribution is 5.94. The van der Waals surface area contributed by atoms with E-state index >= 15 is 0 Å². The third-order valence-electron chi connectivity index (χ3n) is 4.41. The first-order valence-corrected chi connectivity index (χ1v) is 8.59. The normalized spacial score (nSPS) is 14.2. The van der Waals surface area contributed by atoms with Crippen molar-refractivity contribution in [2.24, 2.45) is 0 Å². The fraction of sp³-hybridized carbons (Fsp3) is 0.316. The molecule has 0 saturated carbocycles. The fourth-order valence-electron chi connectivity index (χ4n) is 2.86. The minimum atomic E-state index is -0.268. The number of piperazine rings is 1. The van der Waals surface area contributed by atoms with E-state index in [1.165, 1.54) is 12.1 Å². The van der Waals surface area contributed by atoms with Crippen LogP contribution in [-0.4, -0.2) is 54.9 Å². The summed E-state index contributed by atoms with van der Waals surface area (Å²) in [6, 6.07) is 9.70. The molecule has 0 atom stereocenters. The van der Waals surface area contributed by atoms with Crippen molar-refractivity contribution in [2.45, 2.75) is 6.42 Å². The number of benzene rings is 1. The number of pyridine rings is 1. The van der Waals surface area contributed by atoms with E-state index in [0.717, 1.165) is 17.8 Å². The monoisotopic (exact) mass is 356 g/mol. The van der Waals surface area contributed by atoms with Gasteiger partial charge in [0.15, 0.2) is 0 Å². The topological polar surface area (TPSA) is 65.5 Å². The molecule has 2 amide bonds. The molecule has 2 aromatic rings. The van der Waals surface area contributed by atoms with Crippen molar-refractivity contribution in [1.29, 1.82) is 0 Å². The molecule has 1 aliphatic rings. The van der Waals surface area contributed by atoms with Gasteiger partial charge in [0.2, 0.25) is 6.41 Å². The number of rotatable bonds is 6. The van der Waals surface area contributed by atoms with Crippen LogP contribution in [0.15, 0.2) is 42.6 Å². The predicted octanol–water partition coefficient (Wildman–Crippen LogP) is 1.47. The Kier molecular flexibility index (Phi) is 5.78. The van der Waals surface area contributed by atoms with Crippen LogP contribution in [0.5, 0.6) is 0 Å². The Morgan fingerprint density at radius 1 is 1.15 bits per heavy atom. The van der Waals surface area contributed by atoms with Crippen LogP contribution in [0, 0.1) is 5.82 Å². The van der Waals surface area contributed by atoms with Crippen LogP contribution >= 0.6 is 0 Å². The van der Waals surface area contributed by atoms with Gasteiger partial charge >= 0.3 is 0 Å². The number of hydrogen-bond acceptors (Lipinski definition) is 4. The lowest BCUT2D eigenvalue weighted by Gasteiger charge is -2.33. The molecule has 1 aromatic carbocycles. The summed E-state index contributed by atoms with van der Waals surface area (Å²) in [6.45, 7) is 3.17. The molecule has 136 valence electrons. The molecule has 1 N–H and O–H groups in total. The van der Waals surface area contributed by atoms with Gasteiger partial charge in [-0.2, -0.15) is 0 Å². The van der Waals surface area contributed by atoms with E-state index in [1.807, 2.05) is 0 Å². The maximum Gasteiger partial charge on any atom is 0.251 e. The number of carbonyl (C=O) groups excluding carboxylic acids is 2. The zero-order valence-electron chi connectivity index (χ0n) is 14.4. The van der Waals surface area contributed by atoms with Gasteiger partial charge in [0.05, 0.1) is 0 Å². The fourth-order valence-corrected chi connectivity index (χ4v) is 2.86. The summed E-state index contributed by atoms with van der Waals surface area (Å²) in [5.41, 5.74) is 1.52. The van der Waals surface area contributed by atoms with Crippen LogP contribution in [0.2, 0.25) is 0 Å². The van der Waals surface area contributed by atoms with Crippen LogP contribution in [0.4, 0.5) is 10.2 Å². The summed E-state index contributed by atoms with van der Waals surface area (Å²) < 4.78 is 12.9. The van der Waals surface area contributed by atoms with Gasteiger partial charge in [-0.1, -0.05) is 12.1 Å². The highest BCUT2D eigenvalue weighted by Crippen LogP contribution is 2.15. The molecule has 2 heterocycles. The zero-order chi connectivity index (χ0) is 18.4. The van der Waals surface area contributed by atoms with E-state index in [9.17, 15) is 14.0 Å². The molecule has 1 fully saturated rings. The Bertz CT molecular complexity index is 758. The molecule has 7 heteroatoms. The number of hydrogen-bond donors (Lipinski definition) is 1. The lowest BCUT2D eigenvalue weighted by molar-refractivity contribution is -0.118. The first-order valence-electron chi connectivity index (χ1n) is 8.59. The van der Waals surface area contributed by atoms with E-state index in [4.69, 9.17) is 0 Å². The summed E-state index contributed by atoms with van der Waals surface area (Å²) in [5, 5.41) is 2.87. The number of nitrogens with zero attached hydrogens (tertiary/aromatic N) is 3. The number of carbonyl (C=O) groups is 2. The van der Waals surface area contributed by atoms with E-state index < -0.39 is 0 Å². The molecular formula is C19H21FN4O2. The second-order valence-corrected chi connectivity index (χ2v) is 6.16. The Hall–Kier alpha value is -2.96.